The van der Waals surface area contributed by atoms with Crippen molar-refractivity contribution in [2.24, 2.45) is 7.05 Å². The summed E-state index contributed by atoms with van der Waals surface area (Å²) in [6.45, 7) is 6.85. The Hall–Kier alpha value is -3.67. The van der Waals surface area contributed by atoms with Crippen LogP contribution < -0.4 is 0 Å². The molecule has 0 aliphatic heterocycles. The Morgan fingerprint density at radius 1 is 0.875 bits per heavy atom. The molecule has 0 bridgehead atoms. The molecule has 0 saturated heterocycles. The van der Waals surface area contributed by atoms with Gasteiger partial charge in [0.05, 0.1) is 23.6 Å². The van der Waals surface area contributed by atoms with Crippen LogP contribution in [0.5, 0.6) is 0 Å². The summed E-state index contributed by atoms with van der Waals surface area (Å²) in [6, 6.07) is 18.6. The number of likely N-dealkylation sites (N-methyl/N-ethyl adjacent to an activating group) is 1. The SMILES string of the molecule is Cc1ccc(-c2nn(CC(=O)N(C)Cc3ccn(C)n3)c(-c3ccc(C)cc3)c2C)cc1. The van der Waals surface area contributed by atoms with E-state index >= 15 is 0 Å². The number of amides is 1. The predicted octanol–water partition coefficient (Wildman–Crippen LogP) is 4.53. The summed E-state index contributed by atoms with van der Waals surface area (Å²) in [7, 11) is 3.68. The summed E-state index contributed by atoms with van der Waals surface area (Å²) in [4.78, 5) is 14.8. The lowest BCUT2D eigenvalue weighted by molar-refractivity contribution is -0.131. The molecule has 2 aromatic carbocycles. The van der Waals surface area contributed by atoms with Gasteiger partial charge in [-0.3, -0.25) is 14.2 Å². The molecule has 4 rings (SSSR count). The second-order valence-electron chi connectivity index (χ2n) is 8.44. The Morgan fingerprint density at radius 3 is 2.03 bits per heavy atom. The Balaban J connectivity index is 1.69. The monoisotopic (exact) mass is 427 g/mol. The highest BCUT2D eigenvalue weighted by molar-refractivity contribution is 5.79. The van der Waals surface area contributed by atoms with Gasteiger partial charge in [0.25, 0.3) is 0 Å². The normalized spacial score (nSPS) is 11.0. The van der Waals surface area contributed by atoms with Gasteiger partial charge in [0.15, 0.2) is 0 Å². The van der Waals surface area contributed by atoms with E-state index in [2.05, 4.69) is 74.4 Å². The summed E-state index contributed by atoms with van der Waals surface area (Å²) in [5.74, 6) is -0.0121. The second-order valence-corrected chi connectivity index (χ2v) is 8.44. The number of benzene rings is 2. The van der Waals surface area contributed by atoms with Crippen LogP contribution in [0.1, 0.15) is 22.4 Å². The molecule has 0 fully saturated rings. The molecular formula is C26H29N5O. The van der Waals surface area contributed by atoms with Crippen molar-refractivity contribution < 1.29 is 4.79 Å². The molecule has 4 aromatic rings. The molecule has 32 heavy (non-hydrogen) atoms. The minimum absolute atomic E-state index is 0.0121. The van der Waals surface area contributed by atoms with E-state index in [1.807, 2.05) is 24.0 Å². The Kier molecular flexibility index (Phi) is 5.95. The largest absolute Gasteiger partial charge is 0.338 e. The maximum absolute atomic E-state index is 13.1. The lowest BCUT2D eigenvalue weighted by atomic mass is 10.0. The topological polar surface area (TPSA) is 56.0 Å². The minimum Gasteiger partial charge on any atom is -0.338 e. The fraction of sp³-hybridized carbons (Fsp3) is 0.269. The molecule has 0 aliphatic carbocycles. The van der Waals surface area contributed by atoms with Gasteiger partial charge in [0, 0.05) is 37.0 Å². The molecule has 2 aromatic heterocycles. The fourth-order valence-corrected chi connectivity index (χ4v) is 3.86. The zero-order valence-electron chi connectivity index (χ0n) is 19.3. The van der Waals surface area contributed by atoms with Gasteiger partial charge >= 0.3 is 0 Å². The molecule has 6 heteroatoms. The third-order valence-corrected chi connectivity index (χ3v) is 5.72. The quantitative estimate of drug-likeness (QED) is 0.454. The predicted molar refractivity (Wildman–Crippen MR) is 127 cm³/mol. The smallest absolute Gasteiger partial charge is 0.244 e. The van der Waals surface area contributed by atoms with Crippen molar-refractivity contribution in [1.29, 1.82) is 0 Å². The molecule has 0 saturated carbocycles. The molecule has 2 heterocycles. The van der Waals surface area contributed by atoms with Crippen LogP contribution in [0.15, 0.2) is 60.8 Å². The van der Waals surface area contributed by atoms with Crippen LogP contribution in [0.25, 0.3) is 22.5 Å². The maximum Gasteiger partial charge on any atom is 0.244 e. The third-order valence-electron chi connectivity index (χ3n) is 5.72. The number of hydrogen-bond acceptors (Lipinski definition) is 3. The molecule has 0 radical (unpaired) electrons. The summed E-state index contributed by atoms with van der Waals surface area (Å²) >= 11 is 0. The van der Waals surface area contributed by atoms with Crippen LogP contribution >= 0.6 is 0 Å². The zero-order chi connectivity index (χ0) is 22.8. The van der Waals surface area contributed by atoms with Gasteiger partial charge in [-0.1, -0.05) is 59.7 Å². The first kappa shape index (κ1) is 21.6. The molecule has 1 amide bonds. The van der Waals surface area contributed by atoms with Crippen LogP contribution in [0.3, 0.4) is 0 Å². The van der Waals surface area contributed by atoms with Gasteiger partial charge < -0.3 is 4.90 Å². The molecular weight excluding hydrogens is 398 g/mol. The average molecular weight is 428 g/mol. The lowest BCUT2D eigenvalue weighted by Crippen LogP contribution is -2.30. The first-order chi connectivity index (χ1) is 15.3. The van der Waals surface area contributed by atoms with Crippen LogP contribution in [0.4, 0.5) is 0 Å². The Bertz CT molecular complexity index is 1230. The van der Waals surface area contributed by atoms with Gasteiger partial charge in [-0.15, -0.1) is 0 Å². The highest BCUT2D eigenvalue weighted by Gasteiger charge is 2.21. The van der Waals surface area contributed by atoms with Crippen LogP contribution in [0, 0.1) is 20.8 Å². The second kappa shape index (κ2) is 8.83. The molecule has 0 atom stereocenters. The molecule has 164 valence electrons. The van der Waals surface area contributed by atoms with E-state index in [0.29, 0.717) is 6.54 Å². The number of carbonyl (C=O) groups excluding carboxylic acids is 1. The van der Waals surface area contributed by atoms with Gasteiger partial charge in [0.1, 0.15) is 6.54 Å². The van der Waals surface area contributed by atoms with Crippen molar-refractivity contribution in [3.8, 4) is 22.5 Å². The van der Waals surface area contributed by atoms with Gasteiger partial charge in [0.2, 0.25) is 5.91 Å². The lowest BCUT2D eigenvalue weighted by Gasteiger charge is -2.17. The van der Waals surface area contributed by atoms with Crippen LogP contribution in [-0.2, 0) is 24.9 Å². The third kappa shape index (κ3) is 4.49. The summed E-state index contributed by atoms with van der Waals surface area (Å²) < 4.78 is 3.58. The molecule has 0 unspecified atom stereocenters. The van der Waals surface area contributed by atoms with Crippen molar-refractivity contribution in [2.45, 2.75) is 33.9 Å². The fourth-order valence-electron chi connectivity index (χ4n) is 3.86. The maximum atomic E-state index is 13.1. The number of aryl methyl sites for hydroxylation is 3. The molecule has 0 spiro atoms. The summed E-state index contributed by atoms with van der Waals surface area (Å²) in [5.41, 5.74) is 8.31. The molecule has 6 nitrogen and oxygen atoms in total. The number of hydrogen-bond donors (Lipinski definition) is 0. The Morgan fingerprint density at radius 2 is 1.47 bits per heavy atom. The summed E-state index contributed by atoms with van der Waals surface area (Å²) in [5, 5.41) is 9.27. The number of rotatable bonds is 6. The highest BCUT2D eigenvalue weighted by atomic mass is 16.2. The van der Waals surface area contributed by atoms with Crippen LogP contribution in [-0.4, -0.2) is 37.4 Å². The van der Waals surface area contributed by atoms with Gasteiger partial charge in [-0.25, -0.2) is 0 Å². The average Bonchev–Trinajstić information content (AvgIpc) is 3.32. The van der Waals surface area contributed by atoms with E-state index in [1.165, 1.54) is 11.1 Å². The van der Waals surface area contributed by atoms with Crippen LogP contribution in [0.2, 0.25) is 0 Å². The Labute approximate surface area is 189 Å². The first-order valence-corrected chi connectivity index (χ1v) is 10.8. The van der Waals surface area contributed by atoms with E-state index in [1.54, 1.807) is 16.6 Å². The number of carbonyl (C=O) groups is 1. The van der Waals surface area contributed by atoms with Gasteiger partial charge in [-0.05, 0) is 26.8 Å². The number of aromatic nitrogens is 4. The standard InChI is InChI=1S/C26H29N5O/c1-18-6-10-21(11-7-18)25-20(3)26(22-12-8-19(2)9-13-22)31(28-25)17-24(32)29(4)16-23-14-15-30(5)27-23/h6-15H,16-17H2,1-5H3. The van der Waals surface area contributed by atoms with E-state index in [4.69, 9.17) is 5.10 Å². The highest BCUT2D eigenvalue weighted by Crippen LogP contribution is 2.32. The molecule has 0 N–H and O–H groups in total. The van der Waals surface area contributed by atoms with E-state index in [9.17, 15) is 4.79 Å². The zero-order valence-corrected chi connectivity index (χ0v) is 19.3. The van der Waals surface area contributed by atoms with Crippen molar-refractivity contribution in [2.75, 3.05) is 7.05 Å². The minimum atomic E-state index is -0.0121. The van der Waals surface area contributed by atoms with Crippen molar-refractivity contribution in [3.05, 3.63) is 83.2 Å². The van der Waals surface area contributed by atoms with Crippen molar-refractivity contribution in [1.82, 2.24) is 24.5 Å². The van der Waals surface area contributed by atoms with Crippen molar-refractivity contribution >= 4 is 5.91 Å². The van der Waals surface area contributed by atoms with E-state index in [0.717, 1.165) is 33.8 Å². The first-order valence-electron chi connectivity index (χ1n) is 10.8. The van der Waals surface area contributed by atoms with E-state index < -0.39 is 0 Å². The van der Waals surface area contributed by atoms with Crippen molar-refractivity contribution in [3.63, 3.8) is 0 Å². The summed E-state index contributed by atoms with van der Waals surface area (Å²) in [6.07, 6.45) is 1.88. The van der Waals surface area contributed by atoms with E-state index in [-0.39, 0.29) is 12.5 Å². The van der Waals surface area contributed by atoms with Gasteiger partial charge in [-0.2, -0.15) is 10.2 Å². The molecule has 0 aliphatic rings. The number of nitrogens with zero attached hydrogens (tertiary/aromatic N) is 5.